The van der Waals surface area contributed by atoms with E-state index in [0.29, 0.717) is 6.07 Å². The molecule has 11 heteroatoms. The Bertz CT molecular complexity index is 1080. The number of halogens is 7. The lowest BCUT2D eigenvalue weighted by atomic mass is 10.1. The molecule has 3 aromatic rings. The minimum atomic E-state index is -4.94. The van der Waals surface area contributed by atoms with Crippen molar-refractivity contribution in [2.45, 2.75) is 12.4 Å². The molecular weight excluding hydrogens is 436 g/mol. The van der Waals surface area contributed by atoms with Crippen molar-refractivity contribution < 1.29 is 31.1 Å². The van der Waals surface area contributed by atoms with Gasteiger partial charge < -0.3 is 0 Å². The van der Waals surface area contributed by atoms with E-state index in [4.69, 9.17) is 11.6 Å². The van der Waals surface area contributed by atoms with Gasteiger partial charge >= 0.3 is 12.4 Å². The maximum Gasteiger partial charge on any atom is 0.435 e. The monoisotopic (exact) mass is 447 g/mol. The van der Waals surface area contributed by atoms with Crippen molar-refractivity contribution >= 4 is 28.9 Å². The minimum Gasteiger partial charge on any atom is -0.277 e. The van der Waals surface area contributed by atoms with Crippen LogP contribution in [0.5, 0.6) is 0 Å². The largest absolute Gasteiger partial charge is 0.435 e. The van der Waals surface area contributed by atoms with E-state index in [-0.39, 0.29) is 11.4 Å². The van der Waals surface area contributed by atoms with E-state index in [1.807, 2.05) is 0 Å². The van der Waals surface area contributed by atoms with Crippen LogP contribution < -0.4 is 4.90 Å². The van der Waals surface area contributed by atoms with E-state index in [1.54, 1.807) is 6.07 Å². The molecule has 1 amide bonds. The van der Waals surface area contributed by atoms with Gasteiger partial charge in [0.2, 0.25) is 0 Å². The first kappa shape index (κ1) is 21.7. The summed E-state index contributed by atoms with van der Waals surface area (Å²) in [6.07, 6.45) is -8.91. The fraction of sp³-hybridized carbons (Fsp3) is 0.158. The molecule has 0 N–H and O–H groups in total. The number of alkyl halides is 6. The van der Waals surface area contributed by atoms with Gasteiger partial charge in [-0.3, -0.25) is 14.4 Å². The topological polar surface area (TPSA) is 38.1 Å². The summed E-state index contributed by atoms with van der Waals surface area (Å²) in [6, 6.07) is 9.97. The van der Waals surface area contributed by atoms with Crippen molar-refractivity contribution in [3.05, 3.63) is 76.6 Å². The lowest BCUT2D eigenvalue weighted by molar-refractivity contribution is -0.141. The quantitative estimate of drug-likeness (QED) is 0.456. The summed E-state index contributed by atoms with van der Waals surface area (Å²) >= 11 is 5.63. The average molecular weight is 448 g/mol. The van der Waals surface area contributed by atoms with Crippen LogP contribution in [0.1, 0.15) is 21.6 Å². The van der Waals surface area contributed by atoms with Gasteiger partial charge in [0.05, 0.1) is 16.1 Å². The van der Waals surface area contributed by atoms with Crippen LogP contribution in [0.25, 0.3) is 0 Å². The Morgan fingerprint density at radius 1 is 0.967 bits per heavy atom. The van der Waals surface area contributed by atoms with Gasteiger partial charge in [-0.25, -0.2) is 0 Å². The first-order valence-electron chi connectivity index (χ1n) is 8.26. The summed E-state index contributed by atoms with van der Waals surface area (Å²) in [6.45, 7) is 0. The first-order chi connectivity index (χ1) is 13.9. The van der Waals surface area contributed by atoms with Crippen LogP contribution in [0.4, 0.5) is 37.7 Å². The van der Waals surface area contributed by atoms with Crippen LogP contribution >= 0.6 is 11.6 Å². The van der Waals surface area contributed by atoms with Crippen molar-refractivity contribution in [1.29, 1.82) is 0 Å². The van der Waals surface area contributed by atoms with E-state index >= 15 is 0 Å². The predicted octanol–water partition coefficient (Wildman–Crippen LogP) is 6.09. The summed E-state index contributed by atoms with van der Waals surface area (Å²) in [5.74, 6) is -1.20. The fourth-order valence-electron chi connectivity index (χ4n) is 2.81. The summed E-state index contributed by atoms with van der Waals surface area (Å²) in [5, 5.41) is 2.68. The second-order valence-corrected chi connectivity index (χ2v) is 6.61. The molecule has 0 spiro atoms. The number of aromatic nitrogens is 2. The summed E-state index contributed by atoms with van der Waals surface area (Å²) in [7, 11) is 1.20. The molecule has 0 bridgehead atoms. The standard InChI is InChI=1S/C19H12ClF6N3O/c1-28-10-13(16(27-28)19(24,25)26)17(30)29(11-5-3-2-4-6-11)12-7-8-15(20)14(9-12)18(21,22)23/h2-10H,1H3. The molecule has 0 fully saturated rings. The lowest BCUT2D eigenvalue weighted by Crippen LogP contribution is -2.28. The number of carbonyl (C=O) groups is 1. The molecule has 0 atom stereocenters. The highest BCUT2D eigenvalue weighted by atomic mass is 35.5. The summed E-state index contributed by atoms with van der Waals surface area (Å²) < 4.78 is 80.7. The van der Waals surface area contributed by atoms with E-state index in [1.165, 1.54) is 31.3 Å². The Morgan fingerprint density at radius 3 is 2.17 bits per heavy atom. The van der Waals surface area contributed by atoms with Crippen LogP contribution in [-0.2, 0) is 19.4 Å². The van der Waals surface area contributed by atoms with Crippen molar-refractivity contribution in [2.75, 3.05) is 4.90 Å². The molecule has 3 rings (SSSR count). The van der Waals surface area contributed by atoms with Crippen LogP contribution in [0.3, 0.4) is 0 Å². The number of aryl methyl sites for hydroxylation is 1. The molecule has 1 heterocycles. The Kier molecular flexibility index (Phi) is 5.55. The number of hydrogen-bond donors (Lipinski definition) is 0. The molecule has 0 saturated heterocycles. The molecule has 0 unspecified atom stereocenters. The number of carbonyl (C=O) groups excluding carboxylic acids is 1. The zero-order valence-electron chi connectivity index (χ0n) is 15.1. The lowest BCUT2D eigenvalue weighted by Gasteiger charge is -2.24. The van der Waals surface area contributed by atoms with E-state index in [9.17, 15) is 31.1 Å². The number of benzene rings is 2. The molecule has 0 saturated carbocycles. The Hall–Kier alpha value is -3.01. The van der Waals surface area contributed by atoms with E-state index in [0.717, 1.165) is 27.9 Å². The highest BCUT2D eigenvalue weighted by Gasteiger charge is 2.41. The van der Waals surface area contributed by atoms with Crippen LogP contribution in [0.15, 0.2) is 54.7 Å². The minimum absolute atomic E-state index is 0.0647. The van der Waals surface area contributed by atoms with Crippen LogP contribution in [0, 0.1) is 0 Å². The van der Waals surface area contributed by atoms with Gasteiger partial charge in [-0.2, -0.15) is 31.4 Å². The second-order valence-electron chi connectivity index (χ2n) is 6.20. The normalized spacial score (nSPS) is 12.1. The number of rotatable bonds is 3. The maximum atomic E-state index is 13.4. The molecule has 1 aromatic heterocycles. The Labute approximate surface area is 171 Å². The number of nitrogens with zero attached hydrogens (tertiary/aromatic N) is 3. The zero-order valence-corrected chi connectivity index (χ0v) is 15.8. The van der Waals surface area contributed by atoms with Gasteiger partial charge in [0.25, 0.3) is 5.91 Å². The third kappa shape index (κ3) is 4.28. The molecular formula is C19H12ClF6N3O. The van der Waals surface area contributed by atoms with Crippen molar-refractivity contribution in [3.63, 3.8) is 0 Å². The van der Waals surface area contributed by atoms with Crippen LogP contribution in [-0.4, -0.2) is 15.7 Å². The first-order valence-corrected chi connectivity index (χ1v) is 8.64. The van der Waals surface area contributed by atoms with Gasteiger partial charge in [-0.05, 0) is 30.3 Å². The highest BCUT2D eigenvalue weighted by Crippen LogP contribution is 2.39. The summed E-state index contributed by atoms with van der Waals surface area (Å²) in [5.41, 5.74) is -3.72. The van der Waals surface area contributed by atoms with Gasteiger partial charge in [-0.15, -0.1) is 0 Å². The van der Waals surface area contributed by atoms with Gasteiger partial charge in [0, 0.05) is 24.6 Å². The second kappa shape index (κ2) is 7.67. The third-order valence-electron chi connectivity index (χ3n) is 4.06. The molecule has 30 heavy (non-hydrogen) atoms. The number of para-hydroxylation sites is 1. The molecule has 0 aliphatic heterocycles. The number of amides is 1. The fourth-order valence-corrected chi connectivity index (χ4v) is 3.03. The maximum absolute atomic E-state index is 13.4. The van der Waals surface area contributed by atoms with Crippen LogP contribution in [0.2, 0.25) is 5.02 Å². The molecule has 158 valence electrons. The van der Waals surface area contributed by atoms with E-state index < -0.39 is 40.1 Å². The van der Waals surface area contributed by atoms with E-state index in [2.05, 4.69) is 5.10 Å². The summed E-state index contributed by atoms with van der Waals surface area (Å²) in [4.78, 5) is 13.9. The average Bonchev–Trinajstić information content (AvgIpc) is 3.05. The third-order valence-corrected chi connectivity index (χ3v) is 4.39. The molecule has 2 aromatic carbocycles. The molecule has 0 radical (unpaired) electrons. The van der Waals surface area contributed by atoms with Crippen molar-refractivity contribution in [1.82, 2.24) is 9.78 Å². The molecule has 4 nitrogen and oxygen atoms in total. The van der Waals surface area contributed by atoms with Gasteiger partial charge in [0.15, 0.2) is 5.69 Å². The Morgan fingerprint density at radius 2 is 1.60 bits per heavy atom. The molecule has 0 aliphatic carbocycles. The smallest absolute Gasteiger partial charge is 0.277 e. The van der Waals surface area contributed by atoms with Gasteiger partial charge in [0.1, 0.15) is 0 Å². The predicted molar refractivity (Wildman–Crippen MR) is 97.6 cm³/mol. The number of hydrogen-bond acceptors (Lipinski definition) is 2. The van der Waals surface area contributed by atoms with Crippen molar-refractivity contribution in [2.24, 2.45) is 7.05 Å². The van der Waals surface area contributed by atoms with Gasteiger partial charge in [-0.1, -0.05) is 29.8 Å². The zero-order chi connectivity index (χ0) is 22.3. The van der Waals surface area contributed by atoms with Crippen molar-refractivity contribution in [3.8, 4) is 0 Å². The SMILES string of the molecule is Cn1cc(C(=O)N(c2ccccc2)c2ccc(Cl)c(C(F)(F)F)c2)c(C(F)(F)F)n1. The number of anilines is 2. The molecule has 0 aliphatic rings. The Balaban J connectivity index is 2.21. The highest BCUT2D eigenvalue weighted by molar-refractivity contribution is 6.31.